The van der Waals surface area contributed by atoms with E-state index in [1.165, 1.54) is 0 Å². The number of ether oxygens (including phenoxy) is 1. The molecule has 4 rings (SSSR count). The van der Waals surface area contributed by atoms with Crippen LogP contribution in [0.5, 0.6) is 0 Å². The van der Waals surface area contributed by atoms with Crippen molar-refractivity contribution in [3.05, 3.63) is 60.2 Å². The zero-order valence-electron chi connectivity index (χ0n) is 16.0. The van der Waals surface area contributed by atoms with Crippen molar-refractivity contribution in [3.63, 3.8) is 0 Å². The number of benzene rings is 2. The molecule has 7 heteroatoms. The summed E-state index contributed by atoms with van der Waals surface area (Å²) in [6.45, 7) is 2.42. The number of nitrogens with one attached hydrogen (secondary N) is 1. The average Bonchev–Trinajstić information content (AvgIpc) is 3.17. The molecule has 2 saturated heterocycles. The molecular weight excluding hydrogens is 370 g/mol. The maximum atomic E-state index is 12.9. The molecule has 7 nitrogen and oxygen atoms in total. The van der Waals surface area contributed by atoms with Crippen molar-refractivity contribution >= 4 is 29.1 Å². The van der Waals surface area contributed by atoms with E-state index in [9.17, 15) is 14.4 Å². The Labute approximate surface area is 169 Å². The Bertz CT molecular complexity index is 909. The van der Waals surface area contributed by atoms with Crippen LogP contribution < -0.4 is 10.2 Å². The number of hydrogen-bond donors (Lipinski definition) is 1. The molecule has 29 heavy (non-hydrogen) atoms. The fraction of sp³-hybridized carbons (Fsp3) is 0.318. The van der Waals surface area contributed by atoms with E-state index >= 15 is 0 Å². The Morgan fingerprint density at radius 2 is 1.66 bits per heavy atom. The monoisotopic (exact) mass is 393 g/mol. The minimum Gasteiger partial charge on any atom is -0.378 e. The highest BCUT2D eigenvalue weighted by molar-refractivity contribution is 6.07. The predicted octanol–water partition coefficient (Wildman–Crippen LogP) is 2.15. The lowest BCUT2D eigenvalue weighted by atomic mass is 10.1. The van der Waals surface area contributed by atoms with Crippen LogP contribution in [0.25, 0.3) is 0 Å². The third-order valence-corrected chi connectivity index (χ3v) is 5.28. The van der Waals surface area contributed by atoms with E-state index in [2.05, 4.69) is 5.32 Å². The molecule has 0 bridgehead atoms. The van der Waals surface area contributed by atoms with Gasteiger partial charge in [-0.3, -0.25) is 14.4 Å². The highest BCUT2D eigenvalue weighted by Crippen LogP contribution is 2.26. The highest BCUT2D eigenvalue weighted by Gasteiger charge is 2.35. The Morgan fingerprint density at radius 1 is 0.966 bits per heavy atom. The van der Waals surface area contributed by atoms with Crippen LogP contribution in [0, 0.1) is 5.92 Å². The quantitative estimate of drug-likeness (QED) is 0.863. The normalized spacial score (nSPS) is 19.3. The molecule has 0 aromatic heterocycles. The van der Waals surface area contributed by atoms with Crippen molar-refractivity contribution in [1.82, 2.24) is 4.90 Å². The fourth-order valence-corrected chi connectivity index (χ4v) is 3.69. The second-order valence-electron chi connectivity index (χ2n) is 7.18. The van der Waals surface area contributed by atoms with Gasteiger partial charge in [0.05, 0.1) is 30.4 Å². The van der Waals surface area contributed by atoms with Gasteiger partial charge in [0.25, 0.3) is 5.91 Å². The summed E-state index contributed by atoms with van der Waals surface area (Å²) >= 11 is 0. The number of morpholine rings is 1. The maximum absolute atomic E-state index is 12.9. The van der Waals surface area contributed by atoms with Gasteiger partial charge in [-0.15, -0.1) is 0 Å². The molecule has 2 aromatic rings. The number of nitrogens with zero attached hydrogens (tertiary/aromatic N) is 2. The fourth-order valence-electron chi connectivity index (χ4n) is 3.69. The van der Waals surface area contributed by atoms with Crippen molar-refractivity contribution in [2.45, 2.75) is 6.42 Å². The van der Waals surface area contributed by atoms with Gasteiger partial charge in [0.1, 0.15) is 0 Å². The molecule has 2 aliphatic heterocycles. The van der Waals surface area contributed by atoms with E-state index in [-0.39, 0.29) is 24.1 Å². The summed E-state index contributed by atoms with van der Waals surface area (Å²) in [6, 6.07) is 16.3. The van der Waals surface area contributed by atoms with Crippen LogP contribution >= 0.6 is 0 Å². The lowest BCUT2D eigenvalue weighted by molar-refractivity contribution is -0.122. The first-order valence-electron chi connectivity index (χ1n) is 9.76. The van der Waals surface area contributed by atoms with Crippen LogP contribution in [-0.4, -0.2) is 55.5 Å². The van der Waals surface area contributed by atoms with Gasteiger partial charge in [0, 0.05) is 31.7 Å². The third kappa shape index (κ3) is 4.14. The van der Waals surface area contributed by atoms with Crippen LogP contribution in [-0.2, 0) is 14.3 Å². The second-order valence-corrected chi connectivity index (χ2v) is 7.18. The molecule has 0 unspecified atom stereocenters. The van der Waals surface area contributed by atoms with Crippen LogP contribution in [0.4, 0.5) is 11.4 Å². The van der Waals surface area contributed by atoms with E-state index in [4.69, 9.17) is 4.74 Å². The smallest absolute Gasteiger partial charge is 0.256 e. The average molecular weight is 393 g/mol. The SMILES string of the molecule is O=C(Nc1ccccc1C(=O)N1CCOCC1)[C@H]1CC(=O)N(c2ccccc2)C1. The predicted molar refractivity (Wildman–Crippen MR) is 109 cm³/mol. The van der Waals surface area contributed by atoms with Crippen molar-refractivity contribution < 1.29 is 19.1 Å². The summed E-state index contributed by atoms with van der Waals surface area (Å²) in [4.78, 5) is 41.5. The molecule has 1 atom stereocenters. The molecule has 2 aromatic carbocycles. The summed E-state index contributed by atoms with van der Waals surface area (Å²) in [7, 11) is 0. The van der Waals surface area contributed by atoms with Crippen LogP contribution in [0.1, 0.15) is 16.8 Å². The molecule has 2 aliphatic rings. The van der Waals surface area contributed by atoms with Crippen LogP contribution in [0.15, 0.2) is 54.6 Å². The molecule has 0 spiro atoms. The van der Waals surface area contributed by atoms with E-state index in [1.807, 2.05) is 30.3 Å². The van der Waals surface area contributed by atoms with Gasteiger partial charge in [-0.25, -0.2) is 0 Å². The first kappa shape index (κ1) is 19.1. The van der Waals surface area contributed by atoms with Crippen LogP contribution in [0.3, 0.4) is 0 Å². The number of amides is 3. The summed E-state index contributed by atoms with van der Waals surface area (Å²) in [5.41, 5.74) is 1.71. The summed E-state index contributed by atoms with van der Waals surface area (Å²) in [5, 5.41) is 2.87. The van der Waals surface area contributed by atoms with Gasteiger partial charge in [-0.1, -0.05) is 30.3 Å². The number of para-hydroxylation sites is 2. The topological polar surface area (TPSA) is 79.0 Å². The standard InChI is InChI=1S/C22H23N3O4/c26-20-14-16(15-25(20)17-6-2-1-3-7-17)21(27)23-19-9-5-4-8-18(19)22(28)24-10-12-29-13-11-24/h1-9,16H,10-15H2,(H,23,27)/t16-/m0/s1. The Hall–Kier alpha value is -3.19. The summed E-state index contributed by atoms with van der Waals surface area (Å²) in [6.07, 6.45) is 0.153. The van der Waals surface area contributed by atoms with Crippen molar-refractivity contribution in [2.24, 2.45) is 5.92 Å². The first-order valence-corrected chi connectivity index (χ1v) is 9.76. The molecule has 1 N–H and O–H groups in total. The minimum absolute atomic E-state index is 0.0750. The lowest BCUT2D eigenvalue weighted by Crippen LogP contribution is -2.41. The van der Waals surface area contributed by atoms with Gasteiger partial charge >= 0.3 is 0 Å². The Balaban J connectivity index is 1.46. The molecule has 3 amide bonds. The number of hydrogen-bond acceptors (Lipinski definition) is 4. The molecule has 0 radical (unpaired) electrons. The molecule has 150 valence electrons. The Kier molecular flexibility index (Phi) is 5.57. The molecule has 0 aliphatic carbocycles. The van der Waals surface area contributed by atoms with Crippen LogP contribution in [0.2, 0.25) is 0 Å². The number of rotatable bonds is 4. The van der Waals surface area contributed by atoms with Gasteiger partial charge in [0.15, 0.2) is 0 Å². The maximum Gasteiger partial charge on any atom is 0.256 e. The highest BCUT2D eigenvalue weighted by atomic mass is 16.5. The Morgan fingerprint density at radius 3 is 2.41 bits per heavy atom. The molecule has 2 fully saturated rings. The summed E-state index contributed by atoms with van der Waals surface area (Å²) in [5.74, 6) is -0.917. The first-order chi connectivity index (χ1) is 14.1. The lowest BCUT2D eigenvalue weighted by Gasteiger charge is -2.27. The summed E-state index contributed by atoms with van der Waals surface area (Å²) < 4.78 is 5.30. The van der Waals surface area contributed by atoms with E-state index in [1.54, 1.807) is 34.1 Å². The van der Waals surface area contributed by atoms with Gasteiger partial charge in [-0.05, 0) is 24.3 Å². The van der Waals surface area contributed by atoms with E-state index < -0.39 is 5.92 Å². The van der Waals surface area contributed by atoms with Crippen molar-refractivity contribution in [3.8, 4) is 0 Å². The van der Waals surface area contributed by atoms with Crippen molar-refractivity contribution in [2.75, 3.05) is 43.1 Å². The zero-order valence-corrected chi connectivity index (χ0v) is 16.0. The van der Waals surface area contributed by atoms with E-state index in [0.717, 1.165) is 5.69 Å². The number of carbonyl (C=O) groups excluding carboxylic acids is 3. The van der Waals surface area contributed by atoms with E-state index in [0.29, 0.717) is 44.1 Å². The van der Waals surface area contributed by atoms with Gasteiger partial charge in [0.2, 0.25) is 11.8 Å². The minimum atomic E-state index is -0.464. The molecule has 0 saturated carbocycles. The molecular formula is C22H23N3O4. The van der Waals surface area contributed by atoms with Gasteiger partial charge < -0.3 is 19.9 Å². The zero-order chi connectivity index (χ0) is 20.2. The molecule has 2 heterocycles. The number of carbonyl (C=O) groups is 3. The van der Waals surface area contributed by atoms with Crippen molar-refractivity contribution in [1.29, 1.82) is 0 Å². The third-order valence-electron chi connectivity index (χ3n) is 5.28. The second kappa shape index (κ2) is 8.45. The number of anilines is 2. The largest absolute Gasteiger partial charge is 0.378 e. The van der Waals surface area contributed by atoms with Gasteiger partial charge in [-0.2, -0.15) is 0 Å².